The monoisotopic (exact) mass is 192 g/mol. The molecule has 1 rings (SSSR count). The molecule has 0 heterocycles. The maximum Gasteiger partial charge on any atom is 0.239 e. The van der Waals surface area contributed by atoms with Gasteiger partial charge in [-0.05, 0) is 24.6 Å². The van der Waals surface area contributed by atoms with Crippen molar-refractivity contribution < 1.29 is 4.79 Å². The van der Waals surface area contributed by atoms with Crippen molar-refractivity contribution >= 4 is 5.91 Å². The number of likely N-dealkylation sites (N-methyl/N-ethyl adjacent to an activating group) is 1. The highest BCUT2D eigenvalue weighted by molar-refractivity contribution is 5.81. The molecule has 76 valence electrons. The summed E-state index contributed by atoms with van der Waals surface area (Å²) in [7, 11) is 1.74. The number of carbonyl (C=O) groups excluding carboxylic acids is 1. The summed E-state index contributed by atoms with van der Waals surface area (Å²) < 4.78 is 0. The van der Waals surface area contributed by atoms with Crippen LogP contribution in [0.15, 0.2) is 24.3 Å². The molecular weight excluding hydrogens is 176 g/mol. The number of rotatable bonds is 4. The van der Waals surface area contributed by atoms with Crippen molar-refractivity contribution in [3.63, 3.8) is 0 Å². The predicted octanol–water partition coefficient (Wildman–Crippen LogP) is 0.995. The Morgan fingerprint density at radius 2 is 2.14 bits per heavy atom. The molecule has 1 unspecified atom stereocenters. The fourth-order valence-corrected chi connectivity index (χ4v) is 1.59. The topological polar surface area (TPSA) is 55.1 Å². The van der Waals surface area contributed by atoms with E-state index < -0.39 is 0 Å². The standard InChI is InChI=1S/C11H16N2O/c1-3-8-6-4-5-7-9(8)10(13-2)11(12)14/h4-7,10,13H,3H2,1-2H3,(H2,12,14). The van der Waals surface area contributed by atoms with Gasteiger partial charge in [-0.1, -0.05) is 31.2 Å². The highest BCUT2D eigenvalue weighted by Crippen LogP contribution is 2.17. The number of nitrogens with one attached hydrogen (secondary N) is 1. The minimum atomic E-state index is -0.383. The number of benzene rings is 1. The molecule has 0 saturated heterocycles. The van der Waals surface area contributed by atoms with Gasteiger partial charge >= 0.3 is 0 Å². The van der Waals surface area contributed by atoms with Gasteiger partial charge in [-0.15, -0.1) is 0 Å². The Kier molecular flexibility index (Phi) is 3.65. The van der Waals surface area contributed by atoms with E-state index in [-0.39, 0.29) is 11.9 Å². The molecule has 1 atom stereocenters. The van der Waals surface area contributed by atoms with E-state index in [1.807, 2.05) is 24.3 Å². The molecule has 3 nitrogen and oxygen atoms in total. The lowest BCUT2D eigenvalue weighted by Crippen LogP contribution is -2.31. The minimum absolute atomic E-state index is 0.339. The molecule has 0 bridgehead atoms. The smallest absolute Gasteiger partial charge is 0.239 e. The van der Waals surface area contributed by atoms with E-state index >= 15 is 0 Å². The number of amides is 1. The van der Waals surface area contributed by atoms with E-state index in [1.54, 1.807) is 7.05 Å². The Balaban J connectivity index is 3.08. The summed E-state index contributed by atoms with van der Waals surface area (Å²) in [5.74, 6) is -0.339. The van der Waals surface area contributed by atoms with Crippen molar-refractivity contribution in [2.75, 3.05) is 7.05 Å². The first kappa shape index (κ1) is 10.7. The summed E-state index contributed by atoms with van der Waals surface area (Å²) in [5.41, 5.74) is 7.44. The quantitative estimate of drug-likeness (QED) is 0.747. The zero-order valence-electron chi connectivity index (χ0n) is 8.58. The Labute approximate surface area is 84.3 Å². The van der Waals surface area contributed by atoms with E-state index in [4.69, 9.17) is 5.73 Å². The van der Waals surface area contributed by atoms with Crippen LogP contribution in [0.4, 0.5) is 0 Å². The maximum absolute atomic E-state index is 11.2. The molecule has 0 fully saturated rings. The molecule has 3 heteroatoms. The molecule has 0 aliphatic heterocycles. The lowest BCUT2D eigenvalue weighted by atomic mass is 9.98. The fourth-order valence-electron chi connectivity index (χ4n) is 1.59. The normalized spacial score (nSPS) is 12.4. The number of nitrogens with two attached hydrogens (primary N) is 1. The molecule has 0 aliphatic carbocycles. The summed E-state index contributed by atoms with van der Waals surface area (Å²) in [6.07, 6.45) is 0.904. The maximum atomic E-state index is 11.2. The first-order valence-electron chi connectivity index (χ1n) is 4.75. The second-order valence-electron chi connectivity index (χ2n) is 3.18. The van der Waals surface area contributed by atoms with Crippen molar-refractivity contribution in [3.05, 3.63) is 35.4 Å². The van der Waals surface area contributed by atoms with Gasteiger partial charge in [-0.3, -0.25) is 4.79 Å². The number of primary amides is 1. The summed E-state index contributed by atoms with van der Waals surface area (Å²) in [5, 5.41) is 2.92. The fraction of sp³-hybridized carbons (Fsp3) is 0.364. The Hall–Kier alpha value is -1.35. The number of hydrogen-bond donors (Lipinski definition) is 2. The largest absolute Gasteiger partial charge is 0.368 e. The first-order chi connectivity index (χ1) is 6.70. The van der Waals surface area contributed by atoms with Crippen LogP contribution in [-0.4, -0.2) is 13.0 Å². The highest BCUT2D eigenvalue weighted by atomic mass is 16.1. The molecule has 0 radical (unpaired) electrons. The van der Waals surface area contributed by atoms with E-state index in [2.05, 4.69) is 12.2 Å². The van der Waals surface area contributed by atoms with Crippen molar-refractivity contribution in [2.24, 2.45) is 5.73 Å². The van der Waals surface area contributed by atoms with Gasteiger partial charge in [0.1, 0.15) is 6.04 Å². The lowest BCUT2D eigenvalue weighted by molar-refractivity contribution is -0.120. The molecule has 0 aromatic heterocycles. The highest BCUT2D eigenvalue weighted by Gasteiger charge is 2.17. The number of hydrogen-bond acceptors (Lipinski definition) is 2. The van der Waals surface area contributed by atoms with Crippen LogP contribution in [0.3, 0.4) is 0 Å². The van der Waals surface area contributed by atoms with Gasteiger partial charge in [0.25, 0.3) is 0 Å². The van der Waals surface area contributed by atoms with E-state index in [0.29, 0.717) is 0 Å². The SMILES string of the molecule is CCc1ccccc1C(NC)C(N)=O. The molecular formula is C11H16N2O. The molecule has 14 heavy (non-hydrogen) atoms. The van der Waals surface area contributed by atoms with Gasteiger partial charge < -0.3 is 11.1 Å². The number of carbonyl (C=O) groups is 1. The minimum Gasteiger partial charge on any atom is -0.368 e. The van der Waals surface area contributed by atoms with Gasteiger partial charge in [0, 0.05) is 0 Å². The molecule has 1 amide bonds. The Morgan fingerprint density at radius 3 is 2.64 bits per heavy atom. The predicted molar refractivity (Wildman–Crippen MR) is 56.8 cm³/mol. The first-order valence-corrected chi connectivity index (χ1v) is 4.75. The van der Waals surface area contributed by atoms with Crippen LogP contribution in [-0.2, 0) is 11.2 Å². The van der Waals surface area contributed by atoms with Crippen molar-refractivity contribution in [2.45, 2.75) is 19.4 Å². The van der Waals surface area contributed by atoms with Gasteiger partial charge in [-0.25, -0.2) is 0 Å². The molecule has 1 aromatic rings. The lowest BCUT2D eigenvalue weighted by Gasteiger charge is -2.15. The third-order valence-corrected chi connectivity index (χ3v) is 2.32. The zero-order valence-corrected chi connectivity index (χ0v) is 8.58. The van der Waals surface area contributed by atoms with Gasteiger partial charge in [0.05, 0.1) is 0 Å². The molecule has 0 saturated carbocycles. The van der Waals surface area contributed by atoms with Crippen LogP contribution in [0.5, 0.6) is 0 Å². The van der Waals surface area contributed by atoms with E-state index in [1.165, 1.54) is 0 Å². The Morgan fingerprint density at radius 1 is 1.50 bits per heavy atom. The van der Waals surface area contributed by atoms with Crippen molar-refractivity contribution in [1.82, 2.24) is 5.32 Å². The average molecular weight is 192 g/mol. The van der Waals surface area contributed by atoms with Gasteiger partial charge in [0.15, 0.2) is 0 Å². The third kappa shape index (κ3) is 2.12. The van der Waals surface area contributed by atoms with Crippen molar-refractivity contribution in [1.29, 1.82) is 0 Å². The van der Waals surface area contributed by atoms with E-state index in [0.717, 1.165) is 17.5 Å². The van der Waals surface area contributed by atoms with Gasteiger partial charge in [-0.2, -0.15) is 0 Å². The van der Waals surface area contributed by atoms with Crippen LogP contribution in [0.25, 0.3) is 0 Å². The zero-order chi connectivity index (χ0) is 10.6. The summed E-state index contributed by atoms with van der Waals surface area (Å²) >= 11 is 0. The molecule has 3 N–H and O–H groups in total. The van der Waals surface area contributed by atoms with Crippen LogP contribution in [0, 0.1) is 0 Å². The van der Waals surface area contributed by atoms with E-state index in [9.17, 15) is 4.79 Å². The average Bonchev–Trinajstić information content (AvgIpc) is 2.19. The second kappa shape index (κ2) is 4.77. The number of aryl methyl sites for hydroxylation is 1. The van der Waals surface area contributed by atoms with Crippen LogP contribution in [0.1, 0.15) is 24.1 Å². The second-order valence-corrected chi connectivity index (χ2v) is 3.18. The summed E-state index contributed by atoms with van der Waals surface area (Å²) in [6.45, 7) is 2.06. The van der Waals surface area contributed by atoms with Gasteiger partial charge in [0.2, 0.25) is 5.91 Å². The van der Waals surface area contributed by atoms with Crippen LogP contribution in [0.2, 0.25) is 0 Å². The third-order valence-electron chi connectivity index (χ3n) is 2.32. The molecule has 0 spiro atoms. The summed E-state index contributed by atoms with van der Waals surface area (Å²) in [4.78, 5) is 11.2. The van der Waals surface area contributed by atoms with Crippen LogP contribution < -0.4 is 11.1 Å². The van der Waals surface area contributed by atoms with Crippen molar-refractivity contribution in [3.8, 4) is 0 Å². The molecule has 0 aliphatic rings. The summed E-state index contributed by atoms with van der Waals surface area (Å²) in [6, 6.07) is 7.46. The molecule has 1 aromatic carbocycles. The van der Waals surface area contributed by atoms with Crippen LogP contribution >= 0.6 is 0 Å². The Bertz CT molecular complexity index is 323.